The Morgan fingerprint density at radius 3 is 2.93 bits per heavy atom. The van der Waals surface area contributed by atoms with E-state index in [0.717, 1.165) is 48.1 Å². The van der Waals surface area contributed by atoms with Crippen LogP contribution in [0, 0.1) is 18.8 Å². The minimum atomic E-state index is 0.0136. The highest BCUT2D eigenvalue weighted by molar-refractivity contribution is 7.99. The number of benzene rings is 1. The van der Waals surface area contributed by atoms with E-state index in [-0.39, 0.29) is 11.8 Å². The van der Waals surface area contributed by atoms with Crippen molar-refractivity contribution >= 4 is 23.5 Å². The van der Waals surface area contributed by atoms with Crippen molar-refractivity contribution in [2.24, 2.45) is 11.8 Å². The molecule has 1 amide bonds. The Bertz CT molecular complexity index is 796. The summed E-state index contributed by atoms with van der Waals surface area (Å²) in [5, 5.41) is 4.01. The molecule has 1 unspecified atom stereocenters. The third-order valence-electron chi connectivity index (χ3n) is 4.96. The molecule has 1 aromatic heterocycles. The number of hydrogen-bond acceptors (Lipinski definition) is 5. The molecule has 1 aromatic carbocycles. The van der Waals surface area contributed by atoms with E-state index in [1.807, 2.05) is 0 Å². The van der Waals surface area contributed by atoms with Crippen LogP contribution in [0.1, 0.15) is 38.7 Å². The number of aromatic nitrogens is 2. The van der Waals surface area contributed by atoms with Gasteiger partial charge in [0.15, 0.2) is 5.82 Å². The number of carbonyl (C=O) groups excluding carboxylic acids is 1. The molecule has 2 aromatic rings. The molecule has 1 saturated heterocycles. The lowest BCUT2D eigenvalue weighted by Gasteiger charge is -2.33. The number of nitrogens with zero attached hydrogens (tertiary/aromatic N) is 3. The first-order chi connectivity index (χ1) is 13.5. The van der Waals surface area contributed by atoms with Crippen LogP contribution in [0.3, 0.4) is 0 Å². The summed E-state index contributed by atoms with van der Waals surface area (Å²) in [7, 11) is 0. The van der Waals surface area contributed by atoms with E-state index >= 15 is 0 Å². The summed E-state index contributed by atoms with van der Waals surface area (Å²) in [6.45, 7) is 8.82. The average Bonchev–Trinajstić information content (AvgIpc) is 2.68. The fourth-order valence-corrected chi connectivity index (χ4v) is 4.41. The van der Waals surface area contributed by atoms with Crippen molar-refractivity contribution in [3.8, 4) is 0 Å². The van der Waals surface area contributed by atoms with Gasteiger partial charge in [-0.1, -0.05) is 43.3 Å². The summed E-state index contributed by atoms with van der Waals surface area (Å²) in [5.74, 6) is 1.67. The van der Waals surface area contributed by atoms with Crippen LogP contribution >= 0.6 is 11.8 Å². The molecular formula is C22H30N4OS. The van der Waals surface area contributed by atoms with Crippen LogP contribution in [-0.2, 0) is 4.79 Å². The molecule has 1 aliphatic heterocycles. The van der Waals surface area contributed by atoms with Crippen LogP contribution in [0.2, 0.25) is 0 Å². The Balaban J connectivity index is 1.68. The quantitative estimate of drug-likeness (QED) is 0.753. The SMILES string of the molecule is Cc1cccc(Sc2nccnc2N2CCCC(C(=O)NCCC(C)C)C2)c1. The highest BCUT2D eigenvalue weighted by atomic mass is 32.2. The van der Waals surface area contributed by atoms with E-state index in [0.29, 0.717) is 12.5 Å². The van der Waals surface area contributed by atoms with E-state index < -0.39 is 0 Å². The third-order valence-corrected chi connectivity index (χ3v) is 5.93. The molecule has 0 saturated carbocycles. The van der Waals surface area contributed by atoms with E-state index in [2.05, 4.69) is 65.2 Å². The highest BCUT2D eigenvalue weighted by Gasteiger charge is 2.28. The maximum absolute atomic E-state index is 12.6. The molecule has 28 heavy (non-hydrogen) atoms. The Hall–Kier alpha value is -2.08. The molecule has 0 aliphatic carbocycles. The second kappa shape index (κ2) is 9.92. The van der Waals surface area contributed by atoms with Gasteiger partial charge in [0.25, 0.3) is 0 Å². The van der Waals surface area contributed by atoms with Gasteiger partial charge in [0.1, 0.15) is 5.03 Å². The lowest BCUT2D eigenvalue weighted by atomic mass is 9.97. The van der Waals surface area contributed by atoms with Crippen molar-refractivity contribution in [1.29, 1.82) is 0 Å². The van der Waals surface area contributed by atoms with Crippen molar-refractivity contribution in [2.45, 2.75) is 50.0 Å². The standard InChI is InChI=1S/C22H30N4OS/c1-16(2)9-10-24-21(27)18-7-5-13-26(15-18)20-22(25-12-11-23-20)28-19-8-4-6-17(3)14-19/h4,6,8,11-12,14,16,18H,5,7,9-10,13,15H2,1-3H3,(H,24,27). The molecule has 0 spiro atoms. The number of nitrogens with one attached hydrogen (secondary N) is 1. The number of aryl methyl sites for hydroxylation is 1. The molecule has 1 N–H and O–H groups in total. The van der Waals surface area contributed by atoms with Crippen molar-refractivity contribution in [3.05, 3.63) is 42.2 Å². The van der Waals surface area contributed by atoms with Crippen LogP contribution in [0.15, 0.2) is 46.6 Å². The van der Waals surface area contributed by atoms with Crippen molar-refractivity contribution in [3.63, 3.8) is 0 Å². The molecule has 6 heteroatoms. The smallest absolute Gasteiger partial charge is 0.224 e. The third kappa shape index (κ3) is 5.71. The number of piperidine rings is 1. The molecule has 1 fully saturated rings. The maximum Gasteiger partial charge on any atom is 0.224 e. The first-order valence-electron chi connectivity index (χ1n) is 10.1. The van der Waals surface area contributed by atoms with Gasteiger partial charge < -0.3 is 10.2 Å². The maximum atomic E-state index is 12.6. The molecule has 2 heterocycles. The largest absolute Gasteiger partial charge is 0.356 e. The van der Waals surface area contributed by atoms with Gasteiger partial charge >= 0.3 is 0 Å². The summed E-state index contributed by atoms with van der Waals surface area (Å²) in [6, 6.07) is 8.41. The van der Waals surface area contributed by atoms with Gasteiger partial charge in [0, 0.05) is 36.9 Å². The van der Waals surface area contributed by atoms with Crippen LogP contribution in [0.25, 0.3) is 0 Å². The van der Waals surface area contributed by atoms with E-state index in [1.165, 1.54) is 5.56 Å². The lowest BCUT2D eigenvalue weighted by Crippen LogP contribution is -2.44. The Labute approximate surface area is 172 Å². The van der Waals surface area contributed by atoms with Crippen LogP contribution in [0.5, 0.6) is 0 Å². The van der Waals surface area contributed by atoms with Crippen molar-refractivity contribution < 1.29 is 4.79 Å². The summed E-state index contributed by atoms with van der Waals surface area (Å²) >= 11 is 1.63. The summed E-state index contributed by atoms with van der Waals surface area (Å²) in [4.78, 5) is 25.2. The highest BCUT2D eigenvalue weighted by Crippen LogP contribution is 2.34. The normalized spacial score (nSPS) is 17.0. The minimum Gasteiger partial charge on any atom is -0.356 e. The number of rotatable bonds is 7. The molecule has 5 nitrogen and oxygen atoms in total. The van der Waals surface area contributed by atoms with Gasteiger partial charge in [-0.25, -0.2) is 9.97 Å². The molecule has 1 atom stereocenters. The number of amides is 1. The zero-order valence-corrected chi connectivity index (χ0v) is 17.8. The van der Waals surface area contributed by atoms with Crippen molar-refractivity contribution in [1.82, 2.24) is 15.3 Å². The molecule has 0 radical (unpaired) electrons. The topological polar surface area (TPSA) is 58.1 Å². The van der Waals surface area contributed by atoms with Gasteiger partial charge in [-0.15, -0.1) is 0 Å². The van der Waals surface area contributed by atoms with E-state index in [4.69, 9.17) is 0 Å². The molecule has 3 rings (SSSR count). The summed E-state index contributed by atoms with van der Waals surface area (Å²) < 4.78 is 0. The van der Waals surface area contributed by atoms with E-state index in [9.17, 15) is 4.79 Å². The zero-order chi connectivity index (χ0) is 19.9. The Morgan fingerprint density at radius 2 is 2.14 bits per heavy atom. The van der Waals surface area contributed by atoms with Crippen LogP contribution in [-0.4, -0.2) is 35.5 Å². The van der Waals surface area contributed by atoms with Gasteiger partial charge in [0.05, 0.1) is 5.92 Å². The Kier molecular flexibility index (Phi) is 7.31. The zero-order valence-electron chi connectivity index (χ0n) is 17.0. The second-order valence-electron chi connectivity index (χ2n) is 7.86. The number of carbonyl (C=O) groups is 1. The summed E-state index contributed by atoms with van der Waals surface area (Å²) in [6.07, 6.45) is 6.42. The molecular weight excluding hydrogens is 368 g/mol. The molecule has 1 aliphatic rings. The minimum absolute atomic E-state index is 0.0136. The van der Waals surface area contributed by atoms with Gasteiger partial charge in [-0.3, -0.25) is 4.79 Å². The molecule has 150 valence electrons. The fourth-order valence-electron chi connectivity index (χ4n) is 3.41. The predicted octanol–water partition coefficient (Wildman–Crippen LogP) is 4.31. The van der Waals surface area contributed by atoms with Crippen LogP contribution < -0.4 is 10.2 Å². The first-order valence-corrected chi connectivity index (χ1v) is 10.9. The number of hydrogen-bond donors (Lipinski definition) is 1. The monoisotopic (exact) mass is 398 g/mol. The van der Waals surface area contributed by atoms with Gasteiger partial charge in [-0.05, 0) is 44.2 Å². The Morgan fingerprint density at radius 1 is 1.32 bits per heavy atom. The predicted molar refractivity (Wildman–Crippen MR) is 115 cm³/mol. The van der Waals surface area contributed by atoms with Gasteiger partial charge in [-0.2, -0.15) is 0 Å². The number of anilines is 1. The lowest BCUT2D eigenvalue weighted by molar-refractivity contribution is -0.125. The van der Waals surface area contributed by atoms with Crippen molar-refractivity contribution in [2.75, 3.05) is 24.5 Å². The second-order valence-corrected chi connectivity index (χ2v) is 8.92. The fraction of sp³-hybridized carbons (Fsp3) is 0.500. The average molecular weight is 399 g/mol. The first kappa shape index (κ1) is 20.6. The summed E-state index contributed by atoms with van der Waals surface area (Å²) in [5.41, 5.74) is 1.23. The van der Waals surface area contributed by atoms with E-state index in [1.54, 1.807) is 24.2 Å². The van der Waals surface area contributed by atoms with Gasteiger partial charge in [0.2, 0.25) is 5.91 Å². The van der Waals surface area contributed by atoms with Crippen LogP contribution in [0.4, 0.5) is 5.82 Å². The molecule has 0 bridgehead atoms.